The molecule has 0 radical (unpaired) electrons. The third-order valence-corrected chi connectivity index (χ3v) is 6.38. The molecule has 210 valence electrons. The minimum absolute atomic E-state index is 0.00508. The van der Waals surface area contributed by atoms with Gasteiger partial charge >= 0.3 is 5.97 Å². The van der Waals surface area contributed by atoms with Gasteiger partial charge in [0.05, 0.1) is 24.1 Å². The van der Waals surface area contributed by atoms with Crippen LogP contribution in [0.4, 0.5) is 0 Å². The number of pyridine rings is 1. The van der Waals surface area contributed by atoms with E-state index in [0.717, 1.165) is 5.56 Å². The number of esters is 1. The van der Waals surface area contributed by atoms with E-state index in [1.54, 1.807) is 50.6 Å². The van der Waals surface area contributed by atoms with E-state index in [9.17, 15) is 19.2 Å². The maximum atomic E-state index is 13.4. The first-order chi connectivity index (χ1) is 18.9. The fourth-order valence-corrected chi connectivity index (χ4v) is 4.41. The van der Waals surface area contributed by atoms with Crippen LogP contribution in [0.5, 0.6) is 5.75 Å². The molecule has 2 N–H and O–H groups in total. The number of carbonyl (C=O) groups is 4. The Balaban J connectivity index is 1.93. The molecule has 2 bridgehead atoms. The number of nitrogens with one attached hydrogen (secondary N) is 2. The molecule has 1 aromatic carbocycles. The molecule has 0 spiro atoms. The highest BCUT2D eigenvalue weighted by molar-refractivity contribution is 5.96. The summed E-state index contributed by atoms with van der Waals surface area (Å²) < 4.78 is 16.4. The molecule has 3 rings (SSSR count). The number of aromatic nitrogens is 1. The molecular weight excluding hydrogens is 504 g/mol. The van der Waals surface area contributed by atoms with Gasteiger partial charge in [0, 0.05) is 45.7 Å². The quantitative estimate of drug-likeness (QED) is 0.397. The van der Waals surface area contributed by atoms with Crippen molar-refractivity contribution in [3.63, 3.8) is 0 Å². The van der Waals surface area contributed by atoms with E-state index in [0.29, 0.717) is 30.8 Å². The van der Waals surface area contributed by atoms with Gasteiger partial charge in [-0.05, 0) is 56.0 Å². The van der Waals surface area contributed by atoms with Gasteiger partial charge in [-0.2, -0.15) is 0 Å². The number of benzene rings is 1. The third-order valence-electron chi connectivity index (χ3n) is 6.38. The van der Waals surface area contributed by atoms with Gasteiger partial charge in [0.25, 0.3) is 11.8 Å². The van der Waals surface area contributed by atoms with Gasteiger partial charge in [0.1, 0.15) is 5.75 Å². The molecule has 2 heterocycles. The molecule has 11 heteroatoms. The second-order valence-corrected chi connectivity index (χ2v) is 9.31. The van der Waals surface area contributed by atoms with Crippen LogP contribution < -0.4 is 15.4 Å². The zero-order valence-corrected chi connectivity index (χ0v) is 22.4. The molecular formula is C28H36N4O7. The van der Waals surface area contributed by atoms with Crippen molar-refractivity contribution in [2.24, 2.45) is 5.41 Å². The standard InChI is InChI=1S/C28H36N4O7/c1-3-38-27(36)28(10-6-14-37-2)16-21-7-4-9-23(15-21)39-19-25(34)30-12-13-32(18-24(33)31-20-28)26(35)22-8-5-11-29-17-22/h4-5,7-9,11,15,17H,3,6,10,12-14,16,18-20H2,1-2H3,(H,30,34)(H,31,33). The van der Waals surface area contributed by atoms with Crippen LogP contribution in [0.25, 0.3) is 0 Å². The molecule has 0 saturated heterocycles. The summed E-state index contributed by atoms with van der Waals surface area (Å²) in [6, 6.07) is 10.4. The highest BCUT2D eigenvalue weighted by Crippen LogP contribution is 2.32. The summed E-state index contributed by atoms with van der Waals surface area (Å²) in [4.78, 5) is 57.4. The fraction of sp³-hybridized carbons (Fsp3) is 0.464. The lowest BCUT2D eigenvalue weighted by molar-refractivity contribution is -0.156. The third kappa shape index (κ3) is 8.78. The Morgan fingerprint density at radius 2 is 2.00 bits per heavy atom. The zero-order valence-electron chi connectivity index (χ0n) is 22.4. The summed E-state index contributed by atoms with van der Waals surface area (Å²) in [7, 11) is 1.59. The highest BCUT2D eigenvalue weighted by atomic mass is 16.5. The Hall–Kier alpha value is -3.99. The van der Waals surface area contributed by atoms with Crippen LogP contribution in [0.15, 0.2) is 48.8 Å². The van der Waals surface area contributed by atoms with Gasteiger partial charge in [-0.25, -0.2) is 0 Å². The number of hydrogen-bond acceptors (Lipinski definition) is 8. The fourth-order valence-electron chi connectivity index (χ4n) is 4.41. The molecule has 1 aromatic heterocycles. The first-order valence-corrected chi connectivity index (χ1v) is 13.0. The van der Waals surface area contributed by atoms with Crippen LogP contribution in [0.1, 0.15) is 35.7 Å². The van der Waals surface area contributed by atoms with Crippen LogP contribution in [-0.2, 0) is 30.3 Å². The highest BCUT2D eigenvalue weighted by Gasteiger charge is 2.40. The van der Waals surface area contributed by atoms with Gasteiger partial charge in [0.2, 0.25) is 5.91 Å². The molecule has 1 atom stereocenters. The zero-order chi connectivity index (χ0) is 28.1. The average Bonchev–Trinajstić information content (AvgIpc) is 2.94. The Kier molecular flexibility index (Phi) is 11.2. The SMILES string of the molecule is CCOC(=O)C1(CCCOC)CNC(=O)CN(C(=O)c2cccnc2)CCNC(=O)COc2cccc(c2)C1. The molecule has 1 aliphatic rings. The number of methoxy groups -OCH3 is 1. The maximum absolute atomic E-state index is 13.4. The summed E-state index contributed by atoms with van der Waals surface area (Å²) in [6.45, 7) is 2.06. The predicted octanol–water partition coefficient (Wildman–Crippen LogP) is 1.37. The molecule has 0 aliphatic carbocycles. The minimum Gasteiger partial charge on any atom is -0.484 e. The van der Waals surface area contributed by atoms with Crippen LogP contribution in [-0.4, -0.2) is 86.7 Å². The van der Waals surface area contributed by atoms with Crippen molar-refractivity contribution in [2.75, 3.05) is 53.1 Å². The maximum Gasteiger partial charge on any atom is 0.314 e. The van der Waals surface area contributed by atoms with Crippen molar-refractivity contribution in [3.8, 4) is 5.75 Å². The van der Waals surface area contributed by atoms with Crippen LogP contribution in [0.2, 0.25) is 0 Å². The molecule has 1 aliphatic heterocycles. The Bertz CT molecular complexity index is 1130. The first kappa shape index (κ1) is 29.6. The van der Waals surface area contributed by atoms with Crippen molar-refractivity contribution < 1.29 is 33.4 Å². The number of hydrogen-bond donors (Lipinski definition) is 2. The molecule has 1 unspecified atom stereocenters. The molecule has 0 saturated carbocycles. The second kappa shape index (κ2) is 14.8. The van der Waals surface area contributed by atoms with Crippen molar-refractivity contribution >= 4 is 23.7 Å². The van der Waals surface area contributed by atoms with E-state index in [1.165, 1.54) is 11.1 Å². The van der Waals surface area contributed by atoms with Gasteiger partial charge in [-0.1, -0.05) is 12.1 Å². The number of rotatable bonds is 7. The normalized spacial score (nSPS) is 18.9. The Morgan fingerprint density at radius 1 is 1.15 bits per heavy atom. The van der Waals surface area contributed by atoms with E-state index in [1.807, 2.05) is 6.07 Å². The minimum atomic E-state index is -1.09. The summed E-state index contributed by atoms with van der Waals surface area (Å²) >= 11 is 0. The van der Waals surface area contributed by atoms with Crippen LogP contribution in [0, 0.1) is 5.41 Å². The monoisotopic (exact) mass is 540 g/mol. The molecule has 0 fully saturated rings. The van der Waals surface area contributed by atoms with E-state index in [4.69, 9.17) is 14.2 Å². The summed E-state index contributed by atoms with van der Waals surface area (Å²) in [6.07, 6.45) is 4.18. The van der Waals surface area contributed by atoms with Crippen molar-refractivity contribution in [1.82, 2.24) is 20.5 Å². The molecule has 3 amide bonds. The number of fused-ring (bicyclic) bond motifs is 2. The lowest BCUT2D eigenvalue weighted by Crippen LogP contribution is -2.49. The van der Waals surface area contributed by atoms with Crippen molar-refractivity contribution in [1.29, 1.82) is 0 Å². The van der Waals surface area contributed by atoms with Gasteiger partial charge in [-0.3, -0.25) is 24.2 Å². The Labute approximate surface area is 228 Å². The largest absolute Gasteiger partial charge is 0.484 e. The van der Waals surface area contributed by atoms with Crippen LogP contribution in [0.3, 0.4) is 0 Å². The van der Waals surface area contributed by atoms with Gasteiger partial charge in [-0.15, -0.1) is 0 Å². The summed E-state index contributed by atoms with van der Waals surface area (Å²) in [5.41, 5.74) is 0.0107. The van der Waals surface area contributed by atoms with E-state index in [-0.39, 0.29) is 51.7 Å². The van der Waals surface area contributed by atoms with Gasteiger partial charge < -0.3 is 29.7 Å². The second-order valence-electron chi connectivity index (χ2n) is 9.31. The summed E-state index contributed by atoms with van der Waals surface area (Å²) in [5.74, 6) is -1.18. The number of nitrogens with zero attached hydrogens (tertiary/aromatic N) is 2. The number of carbonyl (C=O) groups excluding carboxylic acids is 4. The van der Waals surface area contributed by atoms with E-state index in [2.05, 4.69) is 15.6 Å². The van der Waals surface area contributed by atoms with Crippen molar-refractivity contribution in [2.45, 2.75) is 26.2 Å². The lowest BCUT2D eigenvalue weighted by Gasteiger charge is -2.32. The van der Waals surface area contributed by atoms with Gasteiger partial charge in [0.15, 0.2) is 6.61 Å². The van der Waals surface area contributed by atoms with E-state index >= 15 is 0 Å². The topological polar surface area (TPSA) is 136 Å². The van der Waals surface area contributed by atoms with Crippen molar-refractivity contribution in [3.05, 3.63) is 59.9 Å². The number of amides is 3. The summed E-state index contributed by atoms with van der Waals surface area (Å²) in [5, 5.41) is 5.58. The lowest BCUT2D eigenvalue weighted by atomic mass is 9.77. The smallest absolute Gasteiger partial charge is 0.314 e. The predicted molar refractivity (Wildman–Crippen MR) is 142 cm³/mol. The number of ether oxygens (including phenoxy) is 3. The molecule has 11 nitrogen and oxygen atoms in total. The van der Waals surface area contributed by atoms with Crippen LogP contribution >= 0.6 is 0 Å². The molecule has 39 heavy (non-hydrogen) atoms. The Morgan fingerprint density at radius 3 is 2.74 bits per heavy atom. The first-order valence-electron chi connectivity index (χ1n) is 13.0. The van der Waals surface area contributed by atoms with E-state index < -0.39 is 23.2 Å². The average molecular weight is 541 g/mol. The molecule has 2 aromatic rings.